The van der Waals surface area contributed by atoms with Gasteiger partial charge in [-0.05, 0) is 46.5 Å². The van der Waals surface area contributed by atoms with Crippen LogP contribution in [-0.4, -0.2) is 17.6 Å². The molecule has 1 aliphatic heterocycles. The molecule has 2 nitrogen and oxygen atoms in total. The maximum absolute atomic E-state index is 15.1. The summed E-state index contributed by atoms with van der Waals surface area (Å²) in [6.07, 6.45) is 2.24. The first kappa shape index (κ1) is 27.3. The molecule has 0 aliphatic carbocycles. The van der Waals surface area contributed by atoms with Gasteiger partial charge < -0.3 is 4.48 Å². The van der Waals surface area contributed by atoms with Gasteiger partial charge in [0.15, 0.2) is 0 Å². The second kappa shape index (κ2) is 10.7. The molecule has 0 fully saturated rings. The van der Waals surface area contributed by atoms with E-state index in [9.17, 15) is 0 Å². The van der Waals surface area contributed by atoms with Crippen LogP contribution in [0.5, 0.6) is 0 Å². The van der Waals surface area contributed by atoms with Crippen LogP contribution in [-0.2, 0) is 6.42 Å². The molecule has 0 spiro atoms. The lowest BCUT2D eigenvalue weighted by Gasteiger charge is -2.16. The summed E-state index contributed by atoms with van der Waals surface area (Å²) in [5, 5.41) is 5.78. The van der Waals surface area contributed by atoms with Crippen LogP contribution in [0.3, 0.4) is 0 Å². The van der Waals surface area contributed by atoms with Gasteiger partial charge in [-0.1, -0.05) is 132 Å². The molecule has 2 heterocycles. The standard InChI is InChI=1S/C40H29BF2N2/c1-25-11-15-27(16-12-25)23-36-38-32-10-6-4-8-29(32)20-22-34(38)39(44-36)37(30-17-13-26(2)14-18-30)40-33-21-19-28-7-3-5-9-31(28)35(33)24-45(40)41(42)43/h3-22,24H,23H2,1-2H3/b39-37-. The van der Waals surface area contributed by atoms with Crippen LogP contribution >= 0.6 is 0 Å². The fourth-order valence-corrected chi connectivity index (χ4v) is 6.76. The van der Waals surface area contributed by atoms with Crippen molar-refractivity contribution in [2.75, 3.05) is 0 Å². The Balaban J connectivity index is 1.49. The number of halogens is 2. The number of aromatic nitrogens is 1. The van der Waals surface area contributed by atoms with Gasteiger partial charge in [-0.15, -0.1) is 0 Å². The summed E-state index contributed by atoms with van der Waals surface area (Å²) in [6, 6.07) is 41.2. The molecule has 6 aromatic carbocycles. The highest BCUT2D eigenvalue weighted by Crippen LogP contribution is 2.44. The lowest BCUT2D eigenvalue weighted by Crippen LogP contribution is -2.15. The normalized spacial score (nSPS) is 13.8. The van der Waals surface area contributed by atoms with Crippen LogP contribution in [0, 0.1) is 13.8 Å². The number of nitrogens with zero attached hydrogens (tertiary/aromatic N) is 2. The van der Waals surface area contributed by atoms with Crippen molar-refractivity contribution in [3.05, 3.63) is 167 Å². The highest BCUT2D eigenvalue weighted by molar-refractivity contribution is 6.42. The van der Waals surface area contributed by atoms with Crippen molar-refractivity contribution < 1.29 is 8.63 Å². The fraction of sp³-hybridized carbons (Fsp3) is 0.0750. The monoisotopic (exact) mass is 586 g/mol. The highest BCUT2D eigenvalue weighted by Gasteiger charge is 2.31. The van der Waals surface area contributed by atoms with Crippen LogP contribution in [0.15, 0.2) is 133 Å². The Labute approximate surface area is 261 Å². The number of aliphatic imine (C=N–C) groups is 1. The van der Waals surface area contributed by atoms with Gasteiger partial charge in [0.1, 0.15) is 0 Å². The Kier molecular flexibility index (Phi) is 6.49. The summed E-state index contributed by atoms with van der Waals surface area (Å²) in [7, 11) is -2.74. The second-order valence-corrected chi connectivity index (χ2v) is 11.9. The van der Waals surface area contributed by atoms with E-state index in [4.69, 9.17) is 4.99 Å². The van der Waals surface area contributed by atoms with Crippen LogP contribution in [0.25, 0.3) is 43.6 Å². The fourth-order valence-electron chi connectivity index (χ4n) is 6.76. The highest BCUT2D eigenvalue weighted by atomic mass is 19.2. The zero-order chi connectivity index (χ0) is 30.7. The minimum absolute atomic E-state index is 0.476. The topological polar surface area (TPSA) is 17.3 Å². The first-order chi connectivity index (χ1) is 22.0. The number of fused-ring (bicyclic) bond motifs is 6. The van der Waals surface area contributed by atoms with Crippen molar-refractivity contribution in [3.63, 3.8) is 0 Å². The van der Waals surface area contributed by atoms with E-state index in [1.54, 1.807) is 6.20 Å². The summed E-state index contributed by atoms with van der Waals surface area (Å²) in [5.74, 6) is 0. The van der Waals surface area contributed by atoms with Crippen molar-refractivity contribution in [1.82, 2.24) is 4.48 Å². The molecular weight excluding hydrogens is 557 g/mol. The average molecular weight is 586 g/mol. The van der Waals surface area contributed by atoms with E-state index in [0.717, 1.165) is 76.0 Å². The van der Waals surface area contributed by atoms with Crippen molar-refractivity contribution in [2.45, 2.75) is 20.3 Å². The van der Waals surface area contributed by atoms with Crippen LogP contribution in [0.4, 0.5) is 8.63 Å². The predicted octanol–water partition coefficient (Wildman–Crippen LogP) is 10.3. The van der Waals surface area contributed by atoms with Gasteiger partial charge in [-0.2, -0.15) is 0 Å². The number of hydrogen-bond donors (Lipinski definition) is 0. The van der Waals surface area contributed by atoms with E-state index >= 15 is 8.63 Å². The first-order valence-electron chi connectivity index (χ1n) is 15.2. The van der Waals surface area contributed by atoms with Crippen molar-refractivity contribution >= 4 is 56.7 Å². The van der Waals surface area contributed by atoms with E-state index < -0.39 is 7.40 Å². The van der Waals surface area contributed by atoms with Gasteiger partial charge in [0.05, 0.1) is 17.1 Å². The number of benzene rings is 6. The quantitative estimate of drug-likeness (QED) is 0.179. The molecule has 0 radical (unpaired) electrons. The summed E-state index contributed by atoms with van der Waals surface area (Å²) in [4.78, 5) is 5.39. The molecule has 5 heteroatoms. The van der Waals surface area contributed by atoms with E-state index in [1.165, 1.54) is 5.56 Å². The molecule has 0 saturated heterocycles. The molecule has 0 N–H and O–H groups in total. The summed E-state index contributed by atoms with van der Waals surface area (Å²) in [5.41, 5.74) is 9.18. The average Bonchev–Trinajstić information content (AvgIpc) is 3.63. The van der Waals surface area contributed by atoms with Crippen LogP contribution in [0.1, 0.15) is 39.1 Å². The Morgan fingerprint density at radius 1 is 0.644 bits per heavy atom. The van der Waals surface area contributed by atoms with Crippen molar-refractivity contribution in [3.8, 4) is 0 Å². The number of hydrogen-bond acceptors (Lipinski definition) is 1. The summed E-state index contributed by atoms with van der Waals surface area (Å²) in [6.45, 7) is 4.12. The Morgan fingerprint density at radius 3 is 1.98 bits per heavy atom. The lowest BCUT2D eigenvalue weighted by atomic mass is 9.89. The van der Waals surface area contributed by atoms with Gasteiger partial charge in [0.2, 0.25) is 0 Å². The molecule has 1 aliphatic rings. The molecule has 0 saturated carbocycles. The molecule has 1 aromatic heterocycles. The molecule has 0 bridgehead atoms. The number of rotatable bonds is 5. The minimum atomic E-state index is -2.74. The van der Waals surface area contributed by atoms with E-state index in [1.807, 2.05) is 73.7 Å². The first-order valence-corrected chi connectivity index (χ1v) is 15.2. The van der Waals surface area contributed by atoms with Gasteiger partial charge in [-0.25, -0.2) is 0 Å². The molecule has 0 amide bonds. The molecule has 0 atom stereocenters. The maximum atomic E-state index is 15.1. The molecule has 8 rings (SSSR count). The van der Waals surface area contributed by atoms with E-state index in [0.29, 0.717) is 17.7 Å². The van der Waals surface area contributed by atoms with Crippen LogP contribution < -0.4 is 0 Å². The van der Waals surface area contributed by atoms with Gasteiger partial charge in [-0.3, -0.25) is 13.6 Å². The lowest BCUT2D eigenvalue weighted by molar-refractivity contribution is 0.629. The van der Waals surface area contributed by atoms with Gasteiger partial charge >= 0.3 is 7.40 Å². The smallest absolute Gasteiger partial charge is 0.331 e. The summed E-state index contributed by atoms with van der Waals surface area (Å²) >= 11 is 0. The Hall–Kier alpha value is -5.29. The SMILES string of the molecule is Cc1ccc(CC2=N/C(=C(/c3ccc(C)cc3)c3c4ccc5ccccc5c4cn3B(F)F)c3ccc4ccccc4c32)cc1. The Bertz CT molecular complexity index is 2330. The largest absolute Gasteiger partial charge is 0.677 e. The third-order valence-electron chi connectivity index (χ3n) is 8.99. The van der Waals surface area contributed by atoms with Gasteiger partial charge in [0, 0.05) is 40.1 Å². The predicted molar refractivity (Wildman–Crippen MR) is 185 cm³/mol. The third kappa shape index (κ3) is 4.58. The zero-order valence-corrected chi connectivity index (χ0v) is 25.1. The molecular formula is C40H29BF2N2. The Morgan fingerprint density at radius 2 is 1.27 bits per heavy atom. The van der Waals surface area contributed by atoms with Crippen molar-refractivity contribution in [1.29, 1.82) is 0 Å². The molecule has 0 unspecified atom stereocenters. The second-order valence-electron chi connectivity index (χ2n) is 11.9. The summed E-state index contributed by atoms with van der Waals surface area (Å²) < 4.78 is 31.3. The molecule has 7 aromatic rings. The number of aryl methyl sites for hydroxylation is 2. The van der Waals surface area contributed by atoms with Crippen molar-refractivity contribution in [2.24, 2.45) is 4.99 Å². The maximum Gasteiger partial charge on any atom is 0.677 e. The van der Waals surface area contributed by atoms with Gasteiger partial charge in [0.25, 0.3) is 0 Å². The zero-order valence-electron chi connectivity index (χ0n) is 25.1. The minimum Gasteiger partial charge on any atom is -0.331 e. The molecule has 45 heavy (non-hydrogen) atoms. The van der Waals surface area contributed by atoms with Crippen LogP contribution in [0.2, 0.25) is 0 Å². The van der Waals surface area contributed by atoms with E-state index in [2.05, 4.69) is 61.5 Å². The van der Waals surface area contributed by atoms with E-state index in [-0.39, 0.29) is 0 Å². The molecule has 216 valence electrons. The third-order valence-corrected chi connectivity index (χ3v) is 8.99.